The molecule has 4 aromatic rings. The third-order valence-corrected chi connectivity index (χ3v) is 6.36. The highest BCUT2D eigenvalue weighted by atomic mass is 32.2. The predicted octanol–water partition coefficient (Wildman–Crippen LogP) is 4.43. The van der Waals surface area contributed by atoms with E-state index >= 15 is 0 Å². The molecular weight excluding hydrogens is 522 g/mol. The smallest absolute Gasteiger partial charge is 0.419 e. The van der Waals surface area contributed by atoms with Gasteiger partial charge in [-0.2, -0.15) is 0 Å². The first kappa shape index (κ1) is 27.1. The Balaban J connectivity index is 1.53. The van der Waals surface area contributed by atoms with Crippen molar-refractivity contribution in [1.29, 1.82) is 0 Å². The highest BCUT2D eigenvalue weighted by Crippen LogP contribution is 2.35. The van der Waals surface area contributed by atoms with Gasteiger partial charge in [-0.3, -0.25) is 14.5 Å². The highest BCUT2D eigenvalue weighted by molar-refractivity contribution is 7.89. The third-order valence-electron chi connectivity index (χ3n) is 5.80. The SMILES string of the molecule is Cc1ccc(OC(=O)N(C)c2cccc3c(O)c(C(=O)Nc4ccc(C(=O)NS(C)(=O)=O)cc4)ccc23)cc1. The molecule has 0 aromatic heterocycles. The number of sulfonamides is 1. The van der Waals surface area contributed by atoms with Crippen molar-refractivity contribution in [1.82, 2.24) is 4.72 Å². The second-order valence-electron chi connectivity index (χ2n) is 8.81. The molecule has 0 unspecified atom stereocenters. The zero-order valence-corrected chi connectivity index (χ0v) is 22.1. The first-order chi connectivity index (χ1) is 18.4. The highest BCUT2D eigenvalue weighted by Gasteiger charge is 2.20. The van der Waals surface area contributed by atoms with Gasteiger partial charge in [0.1, 0.15) is 11.5 Å². The van der Waals surface area contributed by atoms with Crippen molar-refractivity contribution < 1.29 is 32.6 Å². The number of fused-ring (bicyclic) bond motifs is 1. The van der Waals surface area contributed by atoms with E-state index in [0.717, 1.165) is 11.8 Å². The maximum Gasteiger partial charge on any atom is 0.419 e. The van der Waals surface area contributed by atoms with Gasteiger partial charge in [0.25, 0.3) is 11.8 Å². The first-order valence-electron chi connectivity index (χ1n) is 11.6. The number of carbonyl (C=O) groups is 3. The van der Waals surface area contributed by atoms with Crippen LogP contribution in [0.4, 0.5) is 16.2 Å². The molecule has 3 N–H and O–H groups in total. The average Bonchev–Trinajstić information content (AvgIpc) is 2.89. The molecule has 0 fully saturated rings. The van der Waals surface area contributed by atoms with Crippen LogP contribution in [0.1, 0.15) is 26.3 Å². The van der Waals surface area contributed by atoms with E-state index in [1.165, 1.54) is 35.2 Å². The molecule has 0 saturated carbocycles. The van der Waals surface area contributed by atoms with E-state index in [1.54, 1.807) is 43.4 Å². The molecule has 4 aromatic carbocycles. The molecule has 11 heteroatoms. The summed E-state index contributed by atoms with van der Waals surface area (Å²) in [6.45, 7) is 1.93. The van der Waals surface area contributed by atoms with E-state index in [-0.39, 0.29) is 16.9 Å². The lowest BCUT2D eigenvalue weighted by atomic mass is 10.0. The molecule has 10 nitrogen and oxygen atoms in total. The summed E-state index contributed by atoms with van der Waals surface area (Å²) < 4.78 is 29.8. The van der Waals surface area contributed by atoms with E-state index in [2.05, 4.69) is 5.32 Å². The number of benzene rings is 4. The number of aromatic hydroxyl groups is 1. The molecule has 0 atom stereocenters. The molecule has 39 heavy (non-hydrogen) atoms. The van der Waals surface area contributed by atoms with E-state index in [1.807, 2.05) is 23.8 Å². The lowest BCUT2D eigenvalue weighted by Gasteiger charge is -2.20. The van der Waals surface area contributed by atoms with Gasteiger partial charge in [-0.15, -0.1) is 0 Å². The van der Waals surface area contributed by atoms with Gasteiger partial charge >= 0.3 is 6.09 Å². The molecule has 0 heterocycles. The quantitative estimate of drug-likeness (QED) is 0.324. The largest absolute Gasteiger partial charge is 0.506 e. The number of phenolic OH excluding ortho intramolecular Hbond substituents is 1. The van der Waals surface area contributed by atoms with Crippen LogP contribution in [0.3, 0.4) is 0 Å². The van der Waals surface area contributed by atoms with Crippen LogP contribution in [0.15, 0.2) is 78.9 Å². The van der Waals surface area contributed by atoms with E-state index in [9.17, 15) is 27.9 Å². The molecule has 0 aliphatic heterocycles. The second kappa shape index (κ2) is 10.8. The van der Waals surface area contributed by atoms with E-state index < -0.39 is 27.9 Å². The van der Waals surface area contributed by atoms with Gasteiger partial charge in [0.2, 0.25) is 10.0 Å². The average molecular weight is 548 g/mol. The van der Waals surface area contributed by atoms with Crippen molar-refractivity contribution in [2.24, 2.45) is 0 Å². The molecule has 3 amide bonds. The van der Waals surface area contributed by atoms with Gasteiger partial charge in [-0.25, -0.2) is 17.9 Å². The Morgan fingerprint density at radius 3 is 2.15 bits per heavy atom. The summed E-state index contributed by atoms with van der Waals surface area (Å²) in [6, 6.07) is 20.6. The number of nitrogens with one attached hydrogen (secondary N) is 2. The number of aryl methyl sites for hydroxylation is 1. The van der Waals surface area contributed by atoms with Gasteiger partial charge in [-0.1, -0.05) is 35.9 Å². The third kappa shape index (κ3) is 6.33. The lowest BCUT2D eigenvalue weighted by Crippen LogP contribution is -2.29. The zero-order valence-electron chi connectivity index (χ0n) is 21.3. The van der Waals surface area contributed by atoms with Gasteiger partial charge < -0.3 is 15.2 Å². The van der Waals surface area contributed by atoms with Crippen molar-refractivity contribution in [3.63, 3.8) is 0 Å². The number of hydrogen-bond acceptors (Lipinski definition) is 7. The van der Waals surface area contributed by atoms with Gasteiger partial charge in [-0.05, 0) is 55.5 Å². The van der Waals surface area contributed by atoms with Gasteiger partial charge in [0.05, 0.1) is 17.5 Å². The normalized spacial score (nSPS) is 11.1. The molecular formula is C28H25N3O7S. The number of ether oxygens (including phenoxy) is 1. The van der Waals surface area contributed by atoms with Crippen LogP contribution in [-0.2, 0) is 10.0 Å². The van der Waals surface area contributed by atoms with Crippen molar-refractivity contribution >= 4 is 50.1 Å². The number of anilines is 2. The minimum Gasteiger partial charge on any atom is -0.506 e. The van der Waals surface area contributed by atoms with Crippen LogP contribution >= 0.6 is 0 Å². The standard InChI is InChI=1S/C28H25N3O7S/c1-17-7-13-20(14-8-17)38-28(35)31(2)24-6-4-5-22-21(24)15-16-23(25(22)32)27(34)29-19-11-9-18(10-12-19)26(33)30-39(3,36)37/h4-16,32H,1-3H3,(H,29,34)(H,30,33). The topological polar surface area (TPSA) is 142 Å². The van der Waals surface area contributed by atoms with Crippen molar-refractivity contribution in [3.8, 4) is 11.5 Å². The fraction of sp³-hybridized carbons (Fsp3) is 0.107. The Morgan fingerprint density at radius 2 is 1.51 bits per heavy atom. The molecule has 4 rings (SSSR count). The summed E-state index contributed by atoms with van der Waals surface area (Å²) in [4.78, 5) is 39.0. The molecule has 0 spiro atoms. The maximum atomic E-state index is 12.9. The Kier molecular flexibility index (Phi) is 7.54. The van der Waals surface area contributed by atoms with Crippen molar-refractivity contribution in [2.45, 2.75) is 6.92 Å². The molecule has 0 saturated heterocycles. The van der Waals surface area contributed by atoms with Crippen LogP contribution in [0.25, 0.3) is 10.8 Å². The molecule has 0 aliphatic carbocycles. The lowest BCUT2D eigenvalue weighted by molar-refractivity contribution is 0.0980. The van der Waals surface area contributed by atoms with Gasteiger partial charge in [0.15, 0.2) is 0 Å². The van der Waals surface area contributed by atoms with Crippen LogP contribution < -0.4 is 19.7 Å². The Labute approximate surface area is 224 Å². The maximum absolute atomic E-state index is 12.9. The Morgan fingerprint density at radius 1 is 0.846 bits per heavy atom. The van der Waals surface area contributed by atoms with E-state index in [4.69, 9.17) is 4.74 Å². The van der Waals surface area contributed by atoms with Crippen molar-refractivity contribution in [2.75, 3.05) is 23.5 Å². The number of amides is 3. The number of phenols is 1. The fourth-order valence-corrected chi connectivity index (χ4v) is 4.26. The summed E-state index contributed by atoms with van der Waals surface area (Å²) in [5.74, 6) is -1.30. The number of rotatable bonds is 6. The molecule has 0 bridgehead atoms. The van der Waals surface area contributed by atoms with Gasteiger partial charge in [0, 0.05) is 29.1 Å². The Hall–Kier alpha value is -4.90. The van der Waals surface area contributed by atoms with Crippen molar-refractivity contribution in [3.05, 3.63) is 95.6 Å². The molecule has 0 radical (unpaired) electrons. The molecule has 0 aliphatic rings. The monoisotopic (exact) mass is 547 g/mol. The second-order valence-corrected chi connectivity index (χ2v) is 10.6. The minimum absolute atomic E-state index is 0.0107. The van der Waals surface area contributed by atoms with Crippen LogP contribution in [-0.4, -0.2) is 44.7 Å². The first-order valence-corrected chi connectivity index (χ1v) is 13.5. The van der Waals surface area contributed by atoms with Crippen LogP contribution in [0.5, 0.6) is 11.5 Å². The Bertz CT molecular complexity index is 1680. The fourth-order valence-electron chi connectivity index (χ4n) is 3.81. The van der Waals surface area contributed by atoms with Crippen LogP contribution in [0.2, 0.25) is 0 Å². The molecule has 200 valence electrons. The summed E-state index contributed by atoms with van der Waals surface area (Å²) >= 11 is 0. The number of nitrogens with zero attached hydrogens (tertiary/aromatic N) is 1. The van der Waals surface area contributed by atoms with Crippen LogP contribution in [0, 0.1) is 6.92 Å². The van der Waals surface area contributed by atoms with E-state index in [0.29, 0.717) is 27.9 Å². The summed E-state index contributed by atoms with van der Waals surface area (Å²) in [7, 11) is -2.17. The predicted molar refractivity (Wildman–Crippen MR) is 148 cm³/mol. The summed E-state index contributed by atoms with van der Waals surface area (Å²) in [5, 5.41) is 14.4. The zero-order chi connectivity index (χ0) is 28.3. The summed E-state index contributed by atoms with van der Waals surface area (Å²) in [6.07, 6.45) is 0.245. The number of hydrogen-bond donors (Lipinski definition) is 3. The minimum atomic E-state index is -3.71. The number of carbonyl (C=O) groups excluding carboxylic acids is 3. The summed E-state index contributed by atoms with van der Waals surface area (Å²) in [5.41, 5.74) is 1.90.